The van der Waals surface area contributed by atoms with Gasteiger partial charge in [-0.25, -0.2) is 0 Å². The van der Waals surface area contributed by atoms with Gasteiger partial charge >= 0.3 is 0 Å². The van der Waals surface area contributed by atoms with Crippen molar-refractivity contribution in [1.29, 1.82) is 0 Å². The minimum atomic E-state index is -0.00469. The van der Waals surface area contributed by atoms with Gasteiger partial charge in [0.05, 0.1) is 5.75 Å². The highest BCUT2D eigenvalue weighted by atomic mass is 32.2. The highest BCUT2D eigenvalue weighted by Gasteiger charge is 2.14. The van der Waals surface area contributed by atoms with Crippen LogP contribution in [0.3, 0.4) is 0 Å². The molecular formula is C17H23N3O3S. The summed E-state index contributed by atoms with van der Waals surface area (Å²) in [7, 11) is 3.42. The van der Waals surface area contributed by atoms with Crippen LogP contribution in [0.5, 0.6) is 5.75 Å². The van der Waals surface area contributed by atoms with Crippen molar-refractivity contribution in [2.45, 2.75) is 38.0 Å². The molecule has 0 bridgehead atoms. The maximum absolute atomic E-state index is 11.5. The fraction of sp³-hybridized carbons (Fsp3) is 0.471. The first-order chi connectivity index (χ1) is 11.3. The van der Waals surface area contributed by atoms with Crippen molar-refractivity contribution < 1.29 is 13.9 Å². The molecule has 0 spiro atoms. The van der Waals surface area contributed by atoms with E-state index in [0.29, 0.717) is 11.1 Å². The number of carbonyl (C=O) groups is 1. The lowest BCUT2D eigenvalue weighted by atomic mass is 9.87. The molecule has 0 N–H and O–H groups in total. The predicted octanol–water partition coefficient (Wildman–Crippen LogP) is 3.13. The van der Waals surface area contributed by atoms with Gasteiger partial charge in [0.1, 0.15) is 5.75 Å². The first-order valence-electron chi connectivity index (χ1n) is 7.64. The number of thioether (sulfide) groups is 1. The number of rotatable bonds is 6. The highest BCUT2D eigenvalue weighted by Crippen LogP contribution is 2.24. The summed E-state index contributed by atoms with van der Waals surface area (Å²) >= 11 is 1.22. The number of aromatic nitrogens is 2. The predicted molar refractivity (Wildman–Crippen MR) is 93.2 cm³/mol. The van der Waals surface area contributed by atoms with E-state index in [-0.39, 0.29) is 23.7 Å². The van der Waals surface area contributed by atoms with E-state index in [9.17, 15) is 4.79 Å². The topological polar surface area (TPSA) is 68.5 Å². The summed E-state index contributed by atoms with van der Waals surface area (Å²) < 4.78 is 11.1. The Morgan fingerprint density at radius 3 is 2.46 bits per heavy atom. The average Bonchev–Trinajstić information content (AvgIpc) is 2.98. The molecule has 1 aromatic heterocycles. The summed E-state index contributed by atoms with van der Waals surface area (Å²) in [4.78, 5) is 13.0. The summed E-state index contributed by atoms with van der Waals surface area (Å²) in [5, 5.41) is 8.19. The molecule has 0 saturated heterocycles. The monoisotopic (exact) mass is 349 g/mol. The molecule has 130 valence electrons. The summed E-state index contributed by atoms with van der Waals surface area (Å²) in [6.45, 7) is 6.70. The lowest BCUT2D eigenvalue weighted by Gasteiger charge is -2.19. The Hall–Kier alpha value is -2.02. The van der Waals surface area contributed by atoms with Crippen LogP contribution in [0.2, 0.25) is 0 Å². The molecule has 0 aliphatic rings. The molecule has 0 saturated carbocycles. The Morgan fingerprint density at radius 1 is 1.21 bits per heavy atom. The molecule has 0 aliphatic heterocycles. The number of carbonyl (C=O) groups excluding carboxylic acids is 1. The third-order valence-electron chi connectivity index (χ3n) is 3.35. The second kappa shape index (κ2) is 7.70. The van der Waals surface area contributed by atoms with Crippen LogP contribution >= 0.6 is 11.8 Å². The molecule has 1 heterocycles. The van der Waals surface area contributed by atoms with Gasteiger partial charge in [-0.3, -0.25) is 4.79 Å². The third kappa shape index (κ3) is 5.26. The normalized spacial score (nSPS) is 11.4. The van der Waals surface area contributed by atoms with Crippen molar-refractivity contribution in [1.82, 2.24) is 15.1 Å². The molecule has 6 nitrogen and oxygen atoms in total. The number of nitrogens with zero attached hydrogens (tertiary/aromatic N) is 3. The number of benzene rings is 1. The first kappa shape index (κ1) is 18.3. The first-order valence-corrected chi connectivity index (χ1v) is 8.63. The fourth-order valence-corrected chi connectivity index (χ4v) is 2.56. The van der Waals surface area contributed by atoms with Crippen LogP contribution in [-0.2, 0) is 16.8 Å². The minimum Gasteiger partial charge on any atom is -0.484 e. The van der Waals surface area contributed by atoms with Crippen molar-refractivity contribution in [3.63, 3.8) is 0 Å². The highest BCUT2D eigenvalue weighted by molar-refractivity contribution is 7.99. The van der Waals surface area contributed by atoms with Crippen LogP contribution in [-0.4, -0.2) is 40.9 Å². The van der Waals surface area contributed by atoms with Crippen molar-refractivity contribution >= 4 is 17.7 Å². The summed E-state index contributed by atoms with van der Waals surface area (Å²) in [5.74, 6) is 1.40. The van der Waals surface area contributed by atoms with E-state index in [1.165, 1.54) is 22.2 Å². The molecule has 1 aromatic carbocycles. The van der Waals surface area contributed by atoms with Crippen LogP contribution in [0.1, 0.15) is 32.2 Å². The van der Waals surface area contributed by atoms with Crippen molar-refractivity contribution in [2.75, 3.05) is 19.8 Å². The maximum atomic E-state index is 11.5. The van der Waals surface area contributed by atoms with Gasteiger partial charge in [-0.1, -0.05) is 44.7 Å². The van der Waals surface area contributed by atoms with Crippen LogP contribution < -0.4 is 4.74 Å². The molecule has 0 radical (unpaired) electrons. The van der Waals surface area contributed by atoms with Gasteiger partial charge in [0.2, 0.25) is 5.91 Å². The van der Waals surface area contributed by atoms with E-state index in [1.807, 2.05) is 12.1 Å². The molecule has 0 fully saturated rings. The molecule has 0 atom stereocenters. The Morgan fingerprint density at radius 2 is 1.88 bits per heavy atom. The van der Waals surface area contributed by atoms with E-state index in [1.54, 1.807) is 14.1 Å². The van der Waals surface area contributed by atoms with Gasteiger partial charge in [0.15, 0.2) is 6.61 Å². The molecule has 24 heavy (non-hydrogen) atoms. The molecule has 1 amide bonds. The van der Waals surface area contributed by atoms with Gasteiger partial charge in [-0.2, -0.15) is 0 Å². The zero-order valence-electron chi connectivity index (χ0n) is 14.7. The number of hydrogen-bond donors (Lipinski definition) is 0. The van der Waals surface area contributed by atoms with Crippen molar-refractivity contribution in [3.05, 3.63) is 35.7 Å². The van der Waals surface area contributed by atoms with Crippen LogP contribution in [0.4, 0.5) is 0 Å². The molecule has 0 unspecified atom stereocenters. The molecular weight excluding hydrogens is 326 g/mol. The summed E-state index contributed by atoms with van der Waals surface area (Å²) in [6.07, 6.45) is 0. The zero-order chi connectivity index (χ0) is 17.7. The molecule has 0 aliphatic carbocycles. The third-order valence-corrected chi connectivity index (χ3v) is 4.15. The maximum Gasteiger partial charge on any atom is 0.277 e. The van der Waals surface area contributed by atoms with Crippen LogP contribution in [0.15, 0.2) is 33.9 Å². The quantitative estimate of drug-likeness (QED) is 0.746. The van der Waals surface area contributed by atoms with Crippen molar-refractivity contribution in [3.8, 4) is 5.75 Å². The lowest BCUT2D eigenvalue weighted by Crippen LogP contribution is -2.23. The number of amides is 1. The second-order valence-corrected chi connectivity index (χ2v) is 7.53. The van der Waals surface area contributed by atoms with Crippen molar-refractivity contribution in [2.24, 2.45) is 0 Å². The Bertz CT molecular complexity index is 675. The fourth-order valence-electron chi connectivity index (χ4n) is 1.80. The van der Waals surface area contributed by atoms with E-state index in [2.05, 4.69) is 43.1 Å². The molecule has 2 rings (SSSR count). The number of ether oxygens (including phenoxy) is 1. The number of hydrogen-bond acceptors (Lipinski definition) is 6. The molecule has 2 aromatic rings. The average molecular weight is 349 g/mol. The lowest BCUT2D eigenvalue weighted by molar-refractivity contribution is -0.125. The Labute approximate surface area is 146 Å². The zero-order valence-corrected chi connectivity index (χ0v) is 15.5. The summed E-state index contributed by atoms with van der Waals surface area (Å²) in [6, 6.07) is 7.97. The van der Waals surface area contributed by atoms with Gasteiger partial charge in [0, 0.05) is 14.1 Å². The van der Waals surface area contributed by atoms with E-state index >= 15 is 0 Å². The standard InChI is InChI=1S/C17H23N3O3S/c1-17(2,3)12-6-8-13(9-7-12)22-10-14-18-19-16(23-14)24-11-15(21)20(4)5/h6-9H,10-11H2,1-5H3. The smallest absolute Gasteiger partial charge is 0.277 e. The van der Waals surface area contributed by atoms with E-state index in [0.717, 1.165) is 5.75 Å². The second-order valence-electron chi connectivity index (χ2n) is 6.60. The van der Waals surface area contributed by atoms with Gasteiger partial charge in [-0.15, -0.1) is 10.2 Å². The SMILES string of the molecule is CN(C)C(=O)CSc1nnc(COc2ccc(C(C)(C)C)cc2)o1. The molecule has 7 heteroatoms. The summed E-state index contributed by atoms with van der Waals surface area (Å²) in [5.41, 5.74) is 1.36. The Balaban J connectivity index is 1.85. The van der Waals surface area contributed by atoms with Gasteiger partial charge in [-0.05, 0) is 23.1 Å². The largest absolute Gasteiger partial charge is 0.484 e. The van der Waals surface area contributed by atoms with Crippen LogP contribution in [0.25, 0.3) is 0 Å². The van der Waals surface area contributed by atoms with E-state index < -0.39 is 0 Å². The van der Waals surface area contributed by atoms with Gasteiger partial charge < -0.3 is 14.1 Å². The van der Waals surface area contributed by atoms with E-state index in [4.69, 9.17) is 9.15 Å². The van der Waals surface area contributed by atoms with Gasteiger partial charge in [0.25, 0.3) is 11.1 Å². The van der Waals surface area contributed by atoms with Crippen LogP contribution in [0, 0.1) is 0 Å². The Kier molecular flexibility index (Phi) is 5.88. The minimum absolute atomic E-state index is 0.00469.